The Bertz CT molecular complexity index is 657. The first-order valence-electron chi connectivity index (χ1n) is 8.04. The smallest absolute Gasteiger partial charge is 0.376 e. The molecule has 128 valence electrons. The average molecular weight is 335 g/mol. The van der Waals surface area contributed by atoms with Crippen molar-refractivity contribution < 1.29 is 17.9 Å². The summed E-state index contributed by atoms with van der Waals surface area (Å²) < 4.78 is 44.6. The van der Waals surface area contributed by atoms with E-state index in [0.717, 1.165) is 19.2 Å². The standard InChI is InChI=1S/C19H20F3NO/c20-19(21,22)18-9-5-4-8-15(18)12-24-13-16-10-23-11-17(16)14-6-2-1-3-7-14/h1-9,16-17,23H,10-13H2/t16-,17+/m1/s1. The third-order valence-electron chi connectivity index (χ3n) is 4.48. The molecule has 0 radical (unpaired) electrons. The van der Waals surface area contributed by atoms with Gasteiger partial charge in [-0.3, -0.25) is 0 Å². The highest BCUT2D eigenvalue weighted by Gasteiger charge is 2.33. The van der Waals surface area contributed by atoms with Gasteiger partial charge in [0.05, 0.1) is 18.8 Å². The molecule has 0 saturated carbocycles. The number of rotatable bonds is 5. The fourth-order valence-corrected chi connectivity index (χ4v) is 3.24. The fraction of sp³-hybridized carbons (Fsp3) is 0.368. The van der Waals surface area contributed by atoms with Crippen LogP contribution >= 0.6 is 0 Å². The van der Waals surface area contributed by atoms with Crippen molar-refractivity contribution in [3.63, 3.8) is 0 Å². The number of nitrogens with one attached hydrogen (secondary N) is 1. The lowest BCUT2D eigenvalue weighted by Gasteiger charge is -2.19. The van der Waals surface area contributed by atoms with Gasteiger partial charge in [0, 0.05) is 24.9 Å². The summed E-state index contributed by atoms with van der Waals surface area (Å²) in [5, 5.41) is 3.35. The molecule has 1 heterocycles. The van der Waals surface area contributed by atoms with Gasteiger partial charge >= 0.3 is 6.18 Å². The van der Waals surface area contributed by atoms with Crippen LogP contribution in [0.1, 0.15) is 22.6 Å². The highest BCUT2D eigenvalue weighted by molar-refractivity contribution is 5.29. The van der Waals surface area contributed by atoms with Crippen LogP contribution in [0.5, 0.6) is 0 Å². The molecule has 24 heavy (non-hydrogen) atoms. The summed E-state index contributed by atoms with van der Waals surface area (Å²) in [7, 11) is 0. The van der Waals surface area contributed by atoms with Gasteiger partial charge in [-0.2, -0.15) is 13.2 Å². The second kappa shape index (κ2) is 7.36. The summed E-state index contributed by atoms with van der Waals surface area (Å²) in [5.41, 5.74) is 0.813. The van der Waals surface area contributed by atoms with E-state index in [-0.39, 0.29) is 18.1 Å². The molecule has 0 bridgehead atoms. The van der Waals surface area contributed by atoms with Crippen LogP contribution < -0.4 is 5.32 Å². The van der Waals surface area contributed by atoms with E-state index < -0.39 is 11.7 Å². The number of hydrogen-bond donors (Lipinski definition) is 1. The van der Waals surface area contributed by atoms with E-state index >= 15 is 0 Å². The van der Waals surface area contributed by atoms with Crippen LogP contribution in [0.2, 0.25) is 0 Å². The van der Waals surface area contributed by atoms with Crippen molar-refractivity contribution in [1.29, 1.82) is 0 Å². The monoisotopic (exact) mass is 335 g/mol. The Morgan fingerprint density at radius 2 is 1.67 bits per heavy atom. The lowest BCUT2D eigenvalue weighted by atomic mass is 9.89. The van der Waals surface area contributed by atoms with Crippen LogP contribution in [0.25, 0.3) is 0 Å². The van der Waals surface area contributed by atoms with Gasteiger partial charge in [0.15, 0.2) is 0 Å². The largest absolute Gasteiger partial charge is 0.416 e. The number of benzene rings is 2. The Balaban J connectivity index is 1.61. The third-order valence-corrected chi connectivity index (χ3v) is 4.48. The van der Waals surface area contributed by atoms with Gasteiger partial charge in [0.2, 0.25) is 0 Å². The predicted molar refractivity (Wildman–Crippen MR) is 86.6 cm³/mol. The maximum atomic E-state index is 13.0. The van der Waals surface area contributed by atoms with Crippen molar-refractivity contribution in [3.8, 4) is 0 Å². The molecular formula is C19H20F3NO. The summed E-state index contributed by atoms with van der Waals surface area (Å²) in [4.78, 5) is 0. The summed E-state index contributed by atoms with van der Waals surface area (Å²) >= 11 is 0. The zero-order chi connectivity index (χ0) is 17.0. The highest BCUT2D eigenvalue weighted by atomic mass is 19.4. The quantitative estimate of drug-likeness (QED) is 0.883. The minimum absolute atomic E-state index is 0.0201. The zero-order valence-electron chi connectivity index (χ0n) is 13.2. The molecule has 5 heteroatoms. The maximum absolute atomic E-state index is 13.0. The SMILES string of the molecule is FC(F)(F)c1ccccc1COC[C@H]1CNC[C@H]1c1ccccc1. The molecular weight excluding hydrogens is 315 g/mol. The van der Waals surface area contributed by atoms with Crippen molar-refractivity contribution in [2.24, 2.45) is 5.92 Å². The number of hydrogen-bond acceptors (Lipinski definition) is 2. The van der Waals surface area contributed by atoms with Crippen molar-refractivity contribution >= 4 is 0 Å². The lowest BCUT2D eigenvalue weighted by Crippen LogP contribution is -2.18. The van der Waals surface area contributed by atoms with Crippen molar-refractivity contribution in [2.75, 3.05) is 19.7 Å². The van der Waals surface area contributed by atoms with Gasteiger partial charge in [-0.1, -0.05) is 48.5 Å². The molecule has 2 aromatic carbocycles. The van der Waals surface area contributed by atoms with Gasteiger partial charge in [-0.05, 0) is 17.2 Å². The first-order chi connectivity index (χ1) is 11.6. The molecule has 2 aromatic rings. The molecule has 3 rings (SSSR count). The van der Waals surface area contributed by atoms with E-state index in [1.165, 1.54) is 17.7 Å². The Morgan fingerprint density at radius 1 is 0.958 bits per heavy atom. The fourth-order valence-electron chi connectivity index (χ4n) is 3.24. The second-order valence-corrected chi connectivity index (χ2v) is 6.11. The van der Waals surface area contributed by atoms with Crippen molar-refractivity contribution in [1.82, 2.24) is 5.32 Å². The van der Waals surface area contributed by atoms with Crippen molar-refractivity contribution in [3.05, 3.63) is 71.3 Å². The summed E-state index contributed by atoms with van der Waals surface area (Å²) in [6, 6.07) is 15.7. The molecule has 0 unspecified atom stereocenters. The Labute approximate surface area is 139 Å². The van der Waals surface area contributed by atoms with Crippen LogP contribution in [-0.2, 0) is 17.5 Å². The molecule has 0 aliphatic carbocycles. The number of ether oxygens (including phenoxy) is 1. The molecule has 1 aliphatic heterocycles. The average Bonchev–Trinajstić information content (AvgIpc) is 3.04. The van der Waals surface area contributed by atoms with E-state index in [2.05, 4.69) is 17.4 Å². The summed E-state index contributed by atoms with van der Waals surface area (Å²) in [6.07, 6.45) is -4.35. The number of alkyl halides is 3. The molecule has 1 N–H and O–H groups in total. The van der Waals surface area contributed by atoms with E-state index in [9.17, 15) is 13.2 Å². The molecule has 2 nitrogen and oxygen atoms in total. The van der Waals surface area contributed by atoms with Crippen LogP contribution in [0, 0.1) is 5.92 Å². The molecule has 1 fully saturated rings. The first kappa shape index (κ1) is 17.0. The van der Waals surface area contributed by atoms with E-state index in [4.69, 9.17) is 4.74 Å². The van der Waals surface area contributed by atoms with Gasteiger partial charge in [0.25, 0.3) is 0 Å². The molecule has 2 atom stereocenters. The van der Waals surface area contributed by atoms with Crippen LogP contribution in [0.4, 0.5) is 13.2 Å². The Kier molecular flexibility index (Phi) is 5.21. The van der Waals surface area contributed by atoms with Crippen LogP contribution in [0.3, 0.4) is 0 Å². The van der Waals surface area contributed by atoms with E-state index in [1.54, 1.807) is 6.07 Å². The minimum atomic E-state index is -4.35. The zero-order valence-corrected chi connectivity index (χ0v) is 13.2. The third kappa shape index (κ3) is 3.97. The first-order valence-corrected chi connectivity index (χ1v) is 8.04. The number of halogens is 3. The summed E-state index contributed by atoms with van der Waals surface area (Å²) in [5.74, 6) is 0.606. The van der Waals surface area contributed by atoms with Crippen LogP contribution in [0.15, 0.2) is 54.6 Å². The maximum Gasteiger partial charge on any atom is 0.416 e. The Hall–Kier alpha value is -1.85. The van der Waals surface area contributed by atoms with E-state index in [0.29, 0.717) is 12.5 Å². The minimum Gasteiger partial charge on any atom is -0.376 e. The van der Waals surface area contributed by atoms with Gasteiger partial charge in [-0.25, -0.2) is 0 Å². The lowest BCUT2D eigenvalue weighted by molar-refractivity contribution is -0.139. The highest BCUT2D eigenvalue weighted by Crippen LogP contribution is 2.33. The van der Waals surface area contributed by atoms with Gasteiger partial charge < -0.3 is 10.1 Å². The molecule has 0 spiro atoms. The van der Waals surface area contributed by atoms with Crippen LogP contribution in [-0.4, -0.2) is 19.7 Å². The topological polar surface area (TPSA) is 21.3 Å². The van der Waals surface area contributed by atoms with Gasteiger partial charge in [-0.15, -0.1) is 0 Å². The molecule has 1 aliphatic rings. The molecule has 0 aromatic heterocycles. The Morgan fingerprint density at radius 3 is 2.42 bits per heavy atom. The summed E-state index contributed by atoms with van der Waals surface area (Å²) in [6.45, 7) is 2.12. The molecule has 1 saturated heterocycles. The van der Waals surface area contributed by atoms with Gasteiger partial charge in [0.1, 0.15) is 0 Å². The molecule has 0 amide bonds. The van der Waals surface area contributed by atoms with E-state index in [1.807, 2.05) is 18.2 Å². The van der Waals surface area contributed by atoms with Crippen molar-refractivity contribution in [2.45, 2.75) is 18.7 Å². The normalized spacial score (nSPS) is 21.1. The second-order valence-electron chi connectivity index (χ2n) is 6.11. The predicted octanol–water partition coefficient (Wildman–Crippen LogP) is 4.23.